The van der Waals surface area contributed by atoms with E-state index in [1.807, 2.05) is 18.2 Å². The maximum absolute atomic E-state index is 12.1. The summed E-state index contributed by atoms with van der Waals surface area (Å²) in [6.07, 6.45) is 4.83. The molecule has 2 heterocycles. The van der Waals surface area contributed by atoms with E-state index in [-0.39, 0.29) is 29.2 Å². The predicted molar refractivity (Wildman–Crippen MR) is 103 cm³/mol. The Morgan fingerprint density at radius 2 is 2.07 bits per heavy atom. The van der Waals surface area contributed by atoms with Crippen molar-refractivity contribution in [1.82, 2.24) is 19.6 Å². The number of hydrogen-bond donors (Lipinski definition) is 1. The third-order valence-corrected chi connectivity index (χ3v) is 4.58. The van der Waals surface area contributed by atoms with Crippen molar-refractivity contribution in [2.45, 2.75) is 19.5 Å². The second-order valence-electron chi connectivity index (χ2n) is 5.64. The molecule has 1 amide bonds. The zero-order valence-corrected chi connectivity index (χ0v) is 16.2. The van der Waals surface area contributed by atoms with E-state index in [1.165, 1.54) is 10.9 Å². The lowest BCUT2D eigenvalue weighted by Crippen LogP contribution is -2.14. The highest BCUT2D eigenvalue weighted by Gasteiger charge is 2.19. The number of aromatic nitrogens is 4. The molecule has 0 spiro atoms. The highest BCUT2D eigenvalue weighted by atomic mass is 79.9. The Morgan fingerprint density at radius 3 is 2.78 bits per heavy atom. The van der Waals surface area contributed by atoms with Gasteiger partial charge in [0.05, 0.1) is 36.3 Å². The summed E-state index contributed by atoms with van der Waals surface area (Å²) in [7, 11) is 0. The number of nitro groups is 1. The molecule has 0 fully saturated rings. The minimum Gasteiger partial charge on any atom is -0.358 e. The molecule has 0 saturated heterocycles. The van der Waals surface area contributed by atoms with Crippen molar-refractivity contribution in [2.75, 3.05) is 5.32 Å². The minimum atomic E-state index is -0.589. The fourth-order valence-corrected chi connectivity index (χ4v) is 3.04. The molecule has 0 atom stereocenters. The molecule has 1 N–H and O–H groups in total. The Hall–Kier alpha value is -2.72. The van der Waals surface area contributed by atoms with Crippen molar-refractivity contribution in [3.63, 3.8) is 0 Å². The topological polar surface area (TPSA) is 108 Å². The minimum absolute atomic E-state index is 0.112. The standard InChI is InChI=1S/C16H14BrClN6O3/c17-13-10-22(21-16(13)24(26)27)6-5-15(25)20-12-7-19-23(9-12)8-11-3-1-2-4-14(11)18/h1-4,7,9-10H,5-6,8H2,(H,20,25). The highest BCUT2D eigenvalue weighted by Crippen LogP contribution is 2.22. The van der Waals surface area contributed by atoms with Gasteiger partial charge in [0.25, 0.3) is 0 Å². The van der Waals surface area contributed by atoms with E-state index in [0.29, 0.717) is 17.3 Å². The van der Waals surface area contributed by atoms with Crippen LogP contribution in [0.15, 0.2) is 47.3 Å². The molecule has 140 valence electrons. The van der Waals surface area contributed by atoms with Crippen molar-refractivity contribution in [1.29, 1.82) is 0 Å². The summed E-state index contributed by atoms with van der Waals surface area (Å²) in [5, 5.41) is 22.2. The summed E-state index contributed by atoms with van der Waals surface area (Å²) in [5.41, 5.74) is 1.48. The summed E-state index contributed by atoms with van der Waals surface area (Å²) in [6.45, 7) is 0.701. The number of carbonyl (C=O) groups is 1. The molecule has 0 bridgehead atoms. The smallest absolute Gasteiger partial charge is 0.358 e. The first-order chi connectivity index (χ1) is 12.9. The molecular formula is C16H14BrClN6O3. The van der Waals surface area contributed by atoms with Crippen molar-refractivity contribution >= 4 is 44.9 Å². The van der Waals surface area contributed by atoms with Crippen LogP contribution in [0.2, 0.25) is 5.02 Å². The number of nitrogens with one attached hydrogen (secondary N) is 1. The number of amides is 1. The number of hydrogen-bond acceptors (Lipinski definition) is 5. The van der Waals surface area contributed by atoms with Crippen LogP contribution in [-0.4, -0.2) is 30.4 Å². The lowest BCUT2D eigenvalue weighted by atomic mass is 10.2. The first kappa shape index (κ1) is 19.1. The molecule has 1 aromatic carbocycles. The lowest BCUT2D eigenvalue weighted by molar-refractivity contribution is -0.390. The first-order valence-corrected chi connectivity index (χ1v) is 9.02. The van der Waals surface area contributed by atoms with Crippen LogP contribution in [0.25, 0.3) is 0 Å². The molecule has 9 nitrogen and oxygen atoms in total. The van der Waals surface area contributed by atoms with Crippen LogP contribution in [0.3, 0.4) is 0 Å². The van der Waals surface area contributed by atoms with E-state index in [2.05, 4.69) is 31.4 Å². The maximum Gasteiger partial charge on any atom is 0.404 e. The van der Waals surface area contributed by atoms with Crippen LogP contribution in [0.5, 0.6) is 0 Å². The largest absolute Gasteiger partial charge is 0.404 e. The van der Waals surface area contributed by atoms with Crippen LogP contribution in [0.1, 0.15) is 12.0 Å². The van der Waals surface area contributed by atoms with Crippen LogP contribution in [0, 0.1) is 10.1 Å². The fourth-order valence-electron chi connectivity index (χ4n) is 2.38. The molecule has 0 unspecified atom stereocenters. The van der Waals surface area contributed by atoms with Gasteiger partial charge in [-0.25, -0.2) is 0 Å². The van der Waals surface area contributed by atoms with Gasteiger partial charge in [-0.15, -0.1) is 0 Å². The Bertz CT molecular complexity index is 986. The van der Waals surface area contributed by atoms with Gasteiger partial charge in [0.15, 0.2) is 0 Å². The Kier molecular flexibility index (Phi) is 5.87. The summed E-state index contributed by atoms with van der Waals surface area (Å²) in [4.78, 5) is 22.3. The van der Waals surface area contributed by atoms with Gasteiger partial charge in [0.1, 0.15) is 4.47 Å². The molecule has 0 aliphatic rings. The molecule has 27 heavy (non-hydrogen) atoms. The van der Waals surface area contributed by atoms with E-state index in [0.717, 1.165) is 5.56 Å². The van der Waals surface area contributed by atoms with Crippen LogP contribution >= 0.6 is 27.5 Å². The third kappa shape index (κ3) is 4.92. The van der Waals surface area contributed by atoms with Gasteiger partial charge in [-0.05, 0) is 32.5 Å². The molecule has 0 aliphatic heterocycles. The SMILES string of the molecule is O=C(CCn1cc(Br)c([N+](=O)[O-])n1)Nc1cnn(Cc2ccccc2Cl)c1. The number of carbonyl (C=O) groups excluding carboxylic acids is 1. The lowest BCUT2D eigenvalue weighted by Gasteiger charge is -2.04. The van der Waals surface area contributed by atoms with Crippen molar-refractivity contribution in [3.8, 4) is 0 Å². The number of benzene rings is 1. The van der Waals surface area contributed by atoms with Crippen LogP contribution in [0.4, 0.5) is 11.5 Å². The summed E-state index contributed by atoms with van der Waals surface area (Å²) in [5.74, 6) is -0.530. The third-order valence-electron chi connectivity index (χ3n) is 3.65. The van der Waals surface area contributed by atoms with Gasteiger partial charge in [0.2, 0.25) is 5.91 Å². The van der Waals surface area contributed by atoms with Gasteiger partial charge in [-0.2, -0.15) is 9.78 Å². The maximum atomic E-state index is 12.1. The van der Waals surface area contributed by atoms with E-state index in [1.54, 1.807) is 23.1 Å². The summed E-state index contributed by atoms with van der Waals surface area (Å²) in [6, 6.07) is 7.46. The molecule has 0 aliphatic carbocycles. The number of rotatable bonds is 7. The van der Waals surface area contributed by atoms with Gasteiger partial charge in [0, 0.05) is 17.6 Å². The van der Waals surface area contributed by atoms with E-state index in [4.69, 9.17) is 11.6 Å². The monoisotopic (exact) mass is 452 g/mol. The van der Waals surface area contributed by atoms with Crippen molar-refractivity contribution in [3.05, 3.63) is 68.0 Å². The number of aryl methyl sites for hydroxylation is 1. The average Bonchev–Trinajstić information content (AvgIpc) is 3.21. The second-order valence-corrected chi connectivity index (χ2v) is 6.90. The Balaban J connectivity index is 1.54. The second kappa shape index (κ2) is 8.31. The van der Waals surface area contributed by atoms with Crippen LogP contribution < -0.4 is 5.32 Å². The van der Waals surface area contributed by atoms with Crippen molar-refractivity contribution < 1.29 is 9.72 Å². The van der Waals surface area contributed by atoms with E-state index in [9.17, 15) is 14.9 Å². The fraction of sp³-hybridized carbons (Fsp3) is 0.188. The zero-order chi connectivity index (χ0) is 19.4. The first-order valence-electron chi connectivity index (χ1n) is 7.85. The van der Waals surface area contributed by atoms with Gasteiger partial charge in [-0.1, -0.05) is 29.8 Å². The Labute approximate surface area is 167 Å². The van der Waals surface area contributed by atoms with Gasteiger partial charge < -0.3 is 15.4 Å². The molecule has 0 saturated carbocycles. The molecule has 3 aromatic rings. The normalized spacial score (nSPS) is 10.7. The molecule has 11 heteroatoms. The number of anilines is 1. The average molecular weight is 454 g/mol. The predicted octanol–water partition coefficient (Wildman–Crippen LogP) is 3.48. The van der Waals surface area contributed by atoms with Crippen LogP contribution in [-0.2, 0) is 17.9 Å². The number of halogens is 2. The quantitative estimate of drug-likeness (QED) is 0.435. The zero-order valence-electron chi connectivity index (χ0n) is 13.9. The van der Waals surface area contributed by atoms with Gasteiger partial charge >= 0.3 is 5.82 Å². The highest BCUT2D eigenvalue weighted by molar-refractivity contribution is 9.10. The van der Waals surface area contributed by atoms with Crippen molar-refractivity contribution in [2.24, 2.45) is 0 Å². The Morgan fingerprint density at radius 1 is 1.30 bits per heavy atom. The van der Waals surface area contributed by atoms with E-state index < -0.39 is 4.92 Å². The van der Waals surface area contributed by atoms with Gasteiger partial charge in [-0.3, -0.25) is 9.48 Å². The van der Waals surface area contributed by atoms with E-state index >= 15 is 0 Å². The molecule has 2 aromatic heterocycles. The summed E-state index contributed by atoms with van der Waals surface area (Å²) < 4.78 is 3.29. The molecular weight excluding hydrogens is 440 g/mol. The number of nitrogens with zero attached hydrogens (tertiary/aromatic N) is 5. The summed E-state index contributed by atoms with van der Waals surface area (Å²) >= 11 is 9.20. The molecule has 0 radical (unpaired) electrons. The molecule has 3 rings (SSSR count).